The minimum atomic E-state index is -3.87. The van der Waals surface area contributed by atoms with Crippen molar-refractivity contribution in [1.82, 2.24) is 4.31 Å². The Morgan fingerprint density at radius 1 is 1.07 bits per heavy atom. The van der Waals surface area contributed by atoms with Crippen LogP contribution in [0, 0.1) is 11.6 Å². The Balaban J connectivity index is 2.28. The van der Waals surface area contributed by atoms with Gasteiger partial charge in [-0.15, -0.1) is 0 Å². The van der Waals surface area contributed by atoms with Gasteiger partial charge in [-0.2, -0.15) is 4.31 Å². The molecule has 0 unspecified atom stereocenters. The van der Waals surface area contributed by atoms with Gasteiger partial charge in [-0.05, 0) is 36.4 Å². The van der Waals surface area contributed by atoms with Gasteiger partial charge >= 0.3 is 5.97 Å². The van der Waals surface area contributed by atoms with Crippen molar-refractivity contribution in [3.05, 3.63) is 59.2 Å². The Hall–Kier alpha value is -2.52. The lowest BCUT2D eigenvalue weighted by Gasteiger charge is -2.18. The van der Waals surface area contributed by atoms with Crippen molar-refractivity contribution in [2.24, 2.45) is 0 Å². The molecule has 2 aromatic rings. The minimum absolute atomic E-state index is 0.215. The van der Waals surface area contributed by atoms with Gasteiger partial charge in [0.15, 0.2) is 0 Å². The fraction of sp³-hybridized carbons (Fsp3) is 0.316. The van der Waals surface area contributed by atoms with Gasteiger partial charge in [0.25, 0.3) is 0 Å². The van der Waals surface area contributed by atoms with Crippen molar-refractivity contribution in [2.45, 2.75) is 25.3 Å². The molecule has 0 amide bonds. The molecule has 0 heterocycles. The van der Waals surface area contributed by atoms with Gasteiger partial charge in [-0.25, -0.2) is 22.0 Å². The van der Waals surface area contributed by atoms with Crippen LogP contribution in [0.5, 0.6) is 5.75 Å². The number of halogens is 2. The molecule has 6 nitrogen and oxygen atoms in total. The van der Waals surface area contributed by atoms with Gasteiger partial charge in [0.05, 0.1) is 17.6 Å². The molecule has 0 saturated carbocycles. The highest BCUT2D eigenvalue weighted by Gasteiger charge is 2.25. The topological polar surface area (TPSA) is 72.9 Å². The maximum atomic E-state index is 14.1. The quantitative estimate of drug-likeness (QED) is 0.621. The summed E-state index contributed by atoms with van der Waals surface area (Å²) in [4.78, 5) is 12.1. The highest BCUT2D eigenvalue weighted by Crippen LogP contribution is 2.23. The summed E-state index contributed by atoms with van der Waals surface area (Å²) >= 11 is 0. The van der Waals surface area contributed by atoms with Gasteiger partial charge in [0.2, 0.25) is 10.0 Å². The first kappa shape index (κ1) is 21.8. The molecule has 0 fully saturated rings. The van der Waals surface area contributed by atoms with Crippen molar-refractivity contribution in [2.75, 3.05) is 20.2 Å². The summed E-state index contributed by atoms with van der Waals surface area (Å²) in [5.74, 6) is -2.24. The van der Waals surface area contributed by atoms with Crippen molar-refractivity contribution >= 4 is 16.0 Å². The summed E-state index contributed by atoms with van der Waals surface area (Å²) in [6.45, 7) is 3.44. The molecule has 0 aliphatic carbocycles. The molecule has 0 aliphatic heterocycles. The van der Waals surface area contributed by atoms with Gasteiger partial charge in [-0.3, -0.25) is 0 Å². The molecule has 28 heavy (non-hydrogen) atoms. The van der Waals surface area contributed by atoms with E-state index in [9.17, 15) is 22.0 Å². The molecule has 0 bridgehead atoms. The summed E-state index contributed by atoms with van der Waals surface area (Å²) in [5, 5.41) is 0. The summed E-state index contributed by atoms with van der Waals surface area (Å²) in [7, 11) is -2.49. The van der Waals surface area contributed by atoms with E-state index in [0.717, 1.165) is 24.3 Å². The summed E-state index contributed by atoms with van der Waals surface area (Å²) < 4.78 is 63.9. The molecule has 152 valence electrons. The molecule has 0 atom stereocenters. The zero-order valence-corrected chi connectivity index (χ0v) is 16.6. The highest BCUT2D eigenvalue weighted by atomic mass is 32.2. The monoisotopic (exact) mass is 413 g/mol. The lowest BCUT2D eigenvalue weighted by Crippen LogP contribution is -2.30. The zero-order chi connectivity index (χ0) is 20.9. The first-order chi connectivity index (χ1) is 13.2. The second-order valence-corrected chi connectivity index (χ2v) is 7.70. The third kappa shape index (κ3) is 4.66. The van der Waals surface area contributed by atoms with Crippen molar-refractivity contribution < 1.29 is 31.5 Å². The third-order valence-electron chi connectivity index (χ3n) is 4.10. The van der Waals surface area contributed by atoms with E-state index in [0.29, 0.717) is 5.75 Å². The molecule has 2 rings (SSSR count). The van der Waals surface area contributed by atoms with Crippen molar-refractivity contribution in [3.8, 4) is 5.75 Å². The molecule has 0 N–H and O–H groups in total. The predicted molar refractivity (Wildman–Crippen MR) is 98.6 cm³/mol. The molecule has 0 spiro atoms. The summed E-state index contributed by atoms with van der Waals surface area (Å²) in [6, 6.07) is 6.62. The van der Waals surface area contributed by atoms with E-state index in [-0.39, 0.29) is 30.2 Å². The number of esters is 1. The van der Waals surface area contributed by atoms with Crippen LogP contribution in [-0.2, 0) is 21.4 Å². The number of rotatable bonds is 8. The molecule has 0 aliphatic rings. The van der Waals surface area contributed by atoms with E-state index in [1.807, 2.05) is 0 Å². The van der Waals surface area contributed by atoms with Gasteiger partial charge in [-0.1, -0.05) is 13.8 Å². The zero-order valence-electron chi connectivity index (χ0n) is 15.7. The first-order valence-electron chi connectivity index (χ1n) is 8.53. The van der Waals surface area contributed by atoms with Crippen molar-refractivity contribution in [1.29, 1.82) is 0 Å². The number of carbonyl (C=O) groups excluding carboxylic acids is 1. The van der Waals surface area contributed by atoms with E-state index in [2.05, 4.69) is 0 Å². The van der Waals surface area contributed by atoms with E-state index in [4.69, 9.17) is 9.47 Å². The second-order valence-electron chi connectivity index (χ2n) is 5.76. The number of hydrogen-bond acceptors (Lipinski definition) is 5. The lowest BCUT2D eigenvalue weighted by molar-refractivity contribution is 0.0464. The maximum absolute atomic E-state index is 14.1. The second kappa shape index (κ2) is 9.11. The van der Waals surface area contributed by atoms with Crippen molar-refractivity contribution in [3.63, 3.8) is 0 Å². The fourth-order valence-electron chi connectivity index (χ4n) is 2.61. The summed E-state index contributed by atoms with van der Waals surface area (Å²) in [6.07, 6.45) is 0. The van der Waals surface area contributed by atoms with E-state index >= 15 is 0 Å². The van der Waals surface area contributed by atoms with Crippen LogP contribution in [0.15, 0.2) is 41.3 Å². The van der Waals surface area contributed by atoms with Crippen LogP contribution in [0.3, 0.4) is 0 Å². The fourth-order valence-corrected chi connectivity index (χ4v) is 4.10. The lowest BCUT2D eigenvalue weighted by atomic mass is 10.2. The van der Waals surface area contributed by atoms with Gasteiger partial charge < -0.3 is 9.47 Å². The SMILES string of the molecule is CCN(CC)S(=O)(=O)c1ccc(F)c(C(=O)OCc2cc(F)ccc2OC)c1. The van der Waals surface area contributed by atoms with Crippen LogP contribution >= 0.6 is 0 Å². The van der Waals surface area contributed by atoms with Crippen LogP contribution in [0.25, 0.3) is 0 Å². The van der Waals surface area contributed by atoms with Crippen LogP contribution in [-0.4, -0.2) is 38.9 Å². The molecular formula is C19H21F2NO5S. The minimum Gasteiger partial charge on any atom is -0.496 e. The summed E-state index contributed by atoms with van der Waals surface area (Å²) in [5.41, 5.74) is -0.272. The number of sulfonamides is 1. The standard InChI is InChI=1S/C19H21F2NO5S/c1-4-22(5-2)28(24,25)15-7-8-17(21)16(11-15)19(23)27-12-13-10-14(20)6-9-18(13)26-3/h6-11H,4-5,12H2,1-3H3. The van der Waals surface area contributed by atoms with E-state index < -0.39 is 33.2 Å². The predicted octanol–water partition coefficient (Wildman–Crippen LogP) is 3.36. The molecule has 0 saturated heterocycles. The Kier molecular flexibility index (Phi) is 7.09. The van der Waals surface area contributed by atoms with Crippen LogP contribution in [0.1, 0.15) is 29.8 Å². The number of hydrogen-bond donors (Lipinski definition) is 0. The highest BCUT2D eigenvalue weighted by molar-refractivity contribution is 7.89. The normalized spacial score (nSPS) is 11.5. The number of methoxy groups -OCH3 is 1. The van der Waals surface area contributed by atoms with Crippen LogP contribution < -0.4 is 4.74 Å². The Labute approximate surface area is 162 Å². The van der Waals surface area contributed by atoms with E-state index in [1.54, 1.807) is 13.8 Å². The van der Waals surface area contributed by atoms with Gasteiger partial charge in [0, 0.05) is 18.7 Å². The number of carbonyl (C=O) groups is 1. The Bertz CT molecular complexity index is 959. The molecule has 9 heteroatoms. The average molecular weight is 413 g/mol. The average Bonchev–Trinajstić information content (AvgIpc) is 2.67. The number of nitrogens with zero attached hydrogens (tertiary/aromatic N) is 1. The smallest absolute Gasteiger partial charge is 0.341 e. The Morgan fingerprint density at radius 3 is 2.36 bits per heavy atom. The molecular weight excluding hydrogens is 392 g/mol. The van der Waals surface area contributed by atoms with Gasteiger partial charge in [0.1, 0.15) is 24.0 Å². The van der Waals surface area contributed by atoms with E-state index in [1.165, 1.54) is 23.5 Å². The molecule has 0 aromatic heterocycles. The molecule has 0 radical (unpaired) electrons. The number of benzene rings is 2. The van der Waals surface area contributed by atoms with Crippen LogP contribution in [0.4, 0.5) is 8.78 Å². The molecule has 2 aromatic carbocycles. The first-order valence-corrected chi connectivity index (χ1v) is 9.97. The maximum Gasteiger partial charge on any atom is 0.341 e. The largest absolute Gasteiger partial charge is 0.496 e. The van der Waals surface area contributed by atoms with Crippen LogP contribution in [0.2, 0.25) is 0 Å². The Morgan fingerprint density at radius 2 is 1.75 bits per heavy atom. The third-order valence-corrected chi connectivity index (χ3v) is 6.15. The number of ether oxygens (including phenoxy) is 2.